The molecule has 5 nitrogen and oxygen atoms in total. The SMILES string of the molecule is C=CCCC(=C)CN1C(=O)C2C(C(=O)OCC)C2C1=O. The van der Waals surface area contributed by atoms with Crippen molar-refractivity contribution in [1.29, 1.82) is 0 Å². The minimum atomic E-state index is -0.562. The molecule has 108 valence electrons. The Morgan fingerprint density at radius 3 is 2.45 bits per heavy atom. The smallest absolute Gasteiger partial charge is 0.310 e. The van der Waals surface area contributed by atoms with Gasteiger partial charge in [-0.05, 0) is 19.8 Å². The molecule has 0 N–H and O–H groups in total. The number of imide groups is 1. The fraction of sp³-hybridized carbons (Fsp3) is 0.533. The molecule has 0 radical (unpaired) electrons. The summed E-state index contributed by atoms with van der Waals surface area (Å²) in [5.74, 6) is -2.54. The van der Waals surface area contributed by atoms with Crippen LogP contribution in [0, 0.1) is 17.8 Å². The number of esters is 1. The molecule has 0 aromatic rings. The van der Waals surface area contributed by atoms with Crippen molar-refractivity contribution in [2.24, 2.45) is 17.8 Å². The minimum absolute atomic E-state index is 0.244. The third-order valence-electron chi connectivity index (χ3n) is 3.76. The van der Waals surface area contributed by atoms with Gasteiger partial charge in [-0.1, -0.05) is 18.2 Å². The Hall–Kier alpha value is -1.91. The van der Waals surface area contributed by atoms with E-state index in [1.54, 1.807) is 13.0 Å². The maximum Gasteiger partial charge on any atom is 0.310 e. The van der Waals surface area contributed by atoms with Gasteiger partial charge in [0.05, 0.1) is 24.4 Å². The van der Waals surface area contributed by atoms with Crippen LogP contribution in [0.1, 0.15) is 19.8 Å². The number of carbonyl (C=O) groups is 3. The average Bonchev–Trinajstić information content (AvgIpc) is 3.11. The molecule has 2 atom stereocenters. The van der Waals surface area contributed by atoms with E-state index in [1.165, 1.54) is 4.90 Å². The summed E-state index contributed by atoms with van der Waals surface area (Å²) in [5, 5.41) is 0. The van der Waals surface area contributed by atoms with Crippen molar-refractivity contribution in [3.8, 4) is 0 Å². The fourth-order valence-corrected chi connectivity index (χ4v) is 2.69. The van der Waals surface area contributed by atoms with Crippen LogP contribution in [0.5, 0.6) is 0 Å². The molecule has 2 amide bonds. The first-order chi connectivity index (χ1) is 9.52. The lowest BCUT2D eigenvalue weighted by atomic mass is 10.1. The van der Waals surface area contributed by atoms with Gasteiger partial charge in [0.15, 0.2) is 0 Å². The lowest BCUT2D eigenvalue weighted by molar-refractivity contribution is -0.151. The van der Waals surface area contributed by atoms with E-state index in [-0.39, 0.29) is 25.0 Å². The average molecular weight is 277 g/mol. The Kier molecular flexibility index (Phi) is 4.06. The number of carbonyl (C=O) groups excluding carboxylic acids is 3. The second-order valence-corrected chi connectivity index (χ2v) is 5.17. The Morgan fingerprint density at radius 2 is 1.95 bits per heavy atom. The maximum absolute atomic E-state index is 12.1. The number of fused-ring (bicyclic) bond motifs is 1. The van der Waals surface area contributed by atoms with Crippen LogP contribution >= 0.6 is 0 Å². The number of nitrogens with zero attached hydrogens (tertiary/aromatic N) is 1. The molecule has 1 saturated carbocycles. The molecule has 0 spiro atoms. The Morgan fingerprint density at radius 1 is 1.35 bits per heavy atom. The van der Waals surface area contributed by atoms with Gasteiger partial charge in [-0.15, -0.1) is 6.58 Å². The van der Waals surface area contributed by atoms with Gasteiger partial charge in [0.25, 0.3) is 0 Å². The van der Waals surface area contributed by atoms with E-state index in [1.807, 2.05) is 0 Å². The highest BCUT2D eigenvalue weighted by Crippen LogP contribution is 2.54. The lowest BCUT2D eigenvalue weighted by Crippen LogP contribution is -2.37. The van der Waals surface area contributed by atoms with Gasteiger partial charge in [-0.25, -0.2) is 0 Å². The monoisotopic (exact) mass is 277 g/mol. The van der Waals surface area contributed by atoms with Crippen LogP contribution in [0.2, 0.25) is 0 Å². The van der Waals surface area contributed by atoms with E-state index in [0.717, 1.165) is 12.0 Å². The van der Waals surface area contributed by atoms with E-state index in [2.05, 4.69) is 13.2 Å². The summed E-state index contributed by atoms with van der Waals surface area (Å²) in [7, 11) is 0. The van der Waals surface area contributed by atoms with Crippen LogP contribution in [-0.4, -0.2) is 35.8 Å². The predicted octanol–water partition coefficient (Wildman–Crippen LogP) is 1.30. The van der Waals surface area contributed by atoms with Gasteiger partial charge in [0, 0.05) is 6.54 Å². The van der Waals surface area contributed by atoms with Gasteiger partial charge in [0.2, 0.25) is 11.8 Å². The Labute approximate surface area is 118 Å². The summed E-state index contributed by atoms with van der Waals surface area (Å²) in [5.41, 5.74) is 0.820. The molecular formula is C15H19NO4. The number of piperidine rings is 1. The molecule has 2 unspecified atom stereocenters. The number of ether oxygens (including phenoxy) is 1. The van der Waals surface area contributed by atoms with Crippen LogP contribution in [0.15, 0.2) is 24.8 Å². The standard InChI is InChI=1S/C15H19NO4/c1-4-6-7-9(3)8-16-13(17)10-11(14(16)18)12(10)15(19)20-5-2/h4,10-12H,1,3,5-8H2,2H3. The maximum atomic E-state index is 12.1. The molecule has 2 aliphatic rings. The number of rotatable bonds is 7. The van der Waals surface area contributed by atoms with Crippen LogP contribution < -0.4 is 0 Å². The van der Waals surface area contributed by atoms with Crippen LogP contribution in [-0.2, 0) is 19.1 Å². The van der Waals surface area contributed by atoms with Crippen molar-refractivity contribution in [1.82, 2.24) is 4.90 Å². The molecule has 0 aromatic carbocycles. The molecular weight excluding hydrogens is 258 g/mol. The Balaban J connectivity index is 1.94. The normalized spacial score (nSPS) is 27.2. The van der Waals surface area contributed by atoms with E-state index < -0.39 is 23.7 Å². The van der Waals surface area contributed by atoms with Crippen molar-refractivity contribution >= 4 is 17.8 Å². The molecule has 2 rings (SSSR count). The highest BCUT2D eigenvalue weighted by Gasteiger charge is 2.70. The second-order valence-electron chi connectivity index (χ2n) is 5.17. The van der Waals surface area contributed by atoms with Crippen molar-refractivity contribution in [2.45, 2.75) is 19.8 Å². The lowest BCUT2D eigenvalue weighted by Gasteiger charge is -2.19. The molecule has 20 heavy (non-hydrogen) atoms. The summed E-state index contributed by atoms with van der Waals surface area (Å²) in [6.07, 6.45) is 3.25. The predicted molar refractivity (Wildman–Crippen MR) is 72.4 cm³/mol. The fourth-order valence-electron chi connectivity index (χ4n) is 2.69. The summed E-state index contributed by atoms with van der Waals surface area (Å²) < 4.78 is 4.88. The van der Waals surface area contributed by atoms with Crippen LogP contribution in [0.25, 0.3) is 0 Å². The molecule has 1 aliphatic heterocycles. The van der Waals surface area contributed by atoms with E-state index in [4.69, 9.17) is 4.74 Å². The molecule has 2 fully saturated rings. The van der Waals surface area contributed by atoms with Gasteiger partial charge >= 0.3 is 5.97 Å². The minimum Gasteiger partial charge on any atom is -0.466 e. The third-order valence-corrected chi connectivity index (χ3v) is 3.76. The van der Waals surface area contributed by atoms with Crippen molar-refractivity contribution in [3.63, 3.8) is 0 Å². The number of hydrogen-bond donors (Lipinski definition) is 0. The van der Waals surface area contributed by atoms with E-state index in [9.17, 15) is 14.4 Å². The molecule has 1 heterocycles. The highest BCUT2D eigenvalue weighted by atomic mass is 16.5. The van der Waals surface area contributed by atoms with Gasteiger partial charge < -0.3 is 4.74 Å². The van der Waals surface area contributed by atoms with Gasteiger partial charge in [-0.2, -0.15) is 0 Å². The molecule has 5 heteroatoms. The Bertz CT molecular complexity index is 460. The molecule has 0 bridgehead atoms. The van der Waals surface area contributed by atoms with Crippen molar-refractivity contribution in [3.05, 3.63) is 24.8 Å². The topological polar surface area (TPSA) is 63.7 Å². The van der Waals surface area contributed by atoms with Crippen LogP contribution in [0.4, 0.5) is 0 Å². The first-order valence-corrected chi connectivity index (χ1v) is 6.82. The number of amides is 2. The summed E-state index contributed by atoms with van der Waals surface area (Å²) >= 11 is 0. The molecule has 0 aromatic heterocycles. The zero-order valence-corrected chi connectivity index (χ0v) is 11.6. The van der Waals surface area contributed by atoms with Crippen molar-refractivity contribution in [2.75, 3.05) is 13.2 Å². The first kappa shape index (κ1) is 14.5. The second kappa shape index (κ2) is 5.61. The largest absolute Gasteiger partial charge is 0.466 e. The number of hydrogen-bond acceptors (Lipinski definition) is 4. The van der Waals surface area contributed by atoms with Gasteiger partial charge in [-0.3, -0.25) is 19.3 Å². The zero-order chi connectivity index (χ0) is 14.9. The number of likely N-dealkylation sites (tertiary alicyclic amines) is 1. The third kappa shape index (κ3) is 2.40. The van der Waals surface area contributed by atoms with E-state index >= 15 is 0 Å². The highest BCUT2D eigenvalue weighted by molar-refractivity contribution is 6.13. The summed E-state index contributed by atoms with van der Waals surface area (Å²) in [4.78, 5) is 37.1. The summed E-state index contributed by atoms with van der Waals surface area (Å²) in [6.45, 7) is 9.69. The summed E-state index contributed by atoms with van der Waals surface area (Å²) in [6, 6.07) is 0. The van der Waals surface area contributed by atoms with E-state index in [0.29, 0.717) is 6.42 Å². The van der Waals surface area contributed by atoms with Crippen LogP contribution in [0.3, 0.4) is 0 Å². The molecule has 1 saturated heterocycles. The zero-order valence-electron chi connectivity index (χ0n) is 11.6. The number of allylic oxidation sites excluding steroid dienone is 1. The van der Waals surface area contributed by atoms with Crippen molar-refractivity contribution < 1.29 is 19.1 Å². The quantitative estimate of drug-likeness (QED) is 0.400. The molecule has 1 aliphatic carbocycles. The van der Waals surface area contributed by atoms with Gasteiger partial charge in [0.1, 0.15) is 0 Å². The first-order valence-electron chi connectivity index (χ1n) is 6.82.